The van der Waals surface area contributed by atoms with Gasteiger partial charge in [0.25, 0.3) is 11.8 Å². The number of anilines is 1. The predicted molar refractivity (Wildman–Crippen MR) is 114 cm³/mol. The first-order valence-corrected chi connectivity index (χ1v) is 11.3. The number of nitrogens with zero attached hydrogens (tertiary/aromatic N) is 3. The van der Waals surface area contributed by atoms with E-state index in [9.17, 15) is 13.2 Å². The number of hydrogen-bond acceptors (Lipinski definition) is 7. The third kappa shape index (κ3) is 3.81. The van der Waals surface area contributed by atoms with Crippen molar-refractivity contribution < 1.29 is 22.0 Å². The molecule has 0 saturated heterocycles. The van der Waals surface area contributed by atoms with Crippen molar-refractivity contribution in [1.82, 2.24) is 14.5 Å². The lowest BCUT2D eigenvalue weighted by Crippen LogP contribution is -2.35. The summed E-state index contributed by atoms with van der Waals surface area (Å²) in [4.78, 5) is 12.6. The van der Waals surface area contributed by atoms with Gasteiger partial charge in [-0.3, -0.25) is 10.1 Å². The SMILES string of the molecule is O=C(Nc1nnc(-c2ccco2)o1)c1ccc(S(=O)(=O)N2CCc3ccccc3C2)cc1. The molecular formula is C22H18N4O5S. The van der Waals surface area contributed by atoms with E-state index in [1.165, 1.54) is 40.4 Å². The number of nitrogens with one attached hydrogen (secondary N) is 1. The van der Waals surface area contributed by atoms with Gasteiger partial charge in [0.15, 0.2) is 5.76 Å². The highest BCUT2D eigenvalue weighted by molar-refractivity contribution is 7.89. The summed E-state index contributed by atoms with van der Waals surface area (Å²) in [5.41, 5.74) is 2.43. The molecule has 1 aliphatic rings. The van der Waals surface area contributed by atoms with E-state index in [2.05, 4.69) is 15.5 Å². The molecule has 1 aliphatic heterocycles. The maximum Gasteiger partial charge on any atom is 0.322 e. The number of fused-ring (bicyclic) bond motifs is 1. The first-order valence-electron chi connectivity index (χ1n) is 9.86. The van der Waals surface area contributed by atoms with Gasteiger partial charge >= 0.3 is 6.01 Å². The third-order valence-corrected chi connectivity index (χ3v) is 7.09. The topological polar surface area (TPSA) is 119 Å². The molecule has 0 unspecified atom stereocenters. The van der Waals surface area contributed by atoms with Crippen molar-refractivity contribution >= 4 is 21.9 Å². The zero-order valence-corrected chi connectivity index (χ0v) is 17.6. The highest BCUT2D eigenvalue weighted by Gasteiger charge is 2.28. The second kappa shape index (κ2) is 8.06. The van der Waals surface area contributed by atoms with Crippen LogP contribution < -0.4 is 5.32 Å². The van der Waals surface area contributed by atoms with Gasteiger partial charge < -0.3 is 8.83 Å². The molecule has 4 aromatic rings. The van der Waals surface area contributed by atoms with E-state index in [0.29, 0.717) is 25.3 Å². The Labute approximate surface area is 183 Å². The molecule has 162 valence electrons. The molecule has 2 aromatic carbocycles. The summed E-state index contributed by atoms with van der Waals surface area (Å²) in [5.74, 6) is 0.0123. The van der Waals surface area contributed by atoms with Crippen LogP contribution in [0.1, 0.15) is 21.5 Å². The van der Waals surface area contributed by atoms with E-state index in [1.54, 1.807) is 12.1 Å². The molecule has 0 fully saturated rings. The van der Waals surface area contributed by atoms with Crippen LogP contribution in [0.3, 0.4) is 0 Å². The maximum atomic E-state index is 13.1. The minimum absolute atomic E-state index is 0.0925. The monoisotopic (exact) mass is 450 g/mol. The van der Waals surface area contributed by atoms with Crippen LogP contribution in [0.15, 0.2) is 80.7 Å². The Balaban J connectivity index is 1.29. The molecule has 9 nitrogen and oxygen atoms in total. The van der Waals surface area contributed by atoms with Crippen LogP contribution in [0.5, 0.6) is 0 Å². The smallest absolute Gasteiger partial charge is 0.322 e. The van der Waals surface area contributed by atoms with E-state index in [1.807, 2.05) is 24.3 Å². The Morgan fingerprint density at radius 3 is 2.50 bits per heavy atom. The molecule has 0 atom stereocenters. The number of benzene rings is 2. The zero-order chi connectivity index (χ0) is 22.1. The standard InChI is InChI=1S/C22H18N4O5S/c27-20(23-22-25-24-21(31-22)19-6-3-13-30-19)16-7-9-18(10-8-16)32(28,29)26-12-11-15-4-1-2-5-17(15)14-26/h1-10,13H,11-12,14H2,(H,23,25,27). The van der Waals surface area contributed by atoms with Crippen LogP contribution in [0, 0.1) is 0 Å². The number of amides is 1. The Bertz CT molecular complexity index is 1360. The van der Waals surface area contributed by atoms with Gasteiger partial charge in [0.2, 0.25) is 10.0 Å². The summed E-state index contributed by atoms with van der Waals surface area (Å²) in [6, 6.07) is 16.8. The quantitative estimate of drug-likeness (QED) is 0.495. The summed E-state index contributed by atoms with van der Waals surface area (Å²) in [5, 5.41) is 10.1. The number of sulfonamides is 1. The largest absolute Gasteiger partial charge is 0.459 e. The van der Waals surface area contributed by atoms with Crippen LogP contribution in [0.2, 0.25) is 0 Å². The van der Waals surface area contributed by atoms with E-state index in [0.717, 1.165) is 5.56 Å². The number of rotatable bonds is 5. The summed E-state index contributed by atoms with van der Waals surface area (Å²) in [7, 11) is -3.68. The van der Waals surface area contributed by atoms with E-state index >= 15 is 0 Å². The molecule has 0 spiro atoms. The summed E-state index contributed by atoms with van der Waals surface area (Å²) in [6.07, 6.45) is 2.14. The molecule has 2 aromatic heterocycles. The first kappa shape index (κ1) is 20.2. The normalized spacial score (nSPS) is 14.1. The number of carbonyl (C=O) groups is 1. The van der Waals surface area contributed by atoms with E-state index in [-0.39, 0.29) is 22.4 Å². The molecule has 1 N–H and O–H groups in total. The zero-order valence-electron chi connectivity index (χ0n) is 16.8. The van der Waals surface area contributed by atoms with Gasteiger partial charge in [0, 0.05) is 18.7 Å². The highest BCUT2D eigenvalue weighted by atomic mass is 32.2. The minimum atomic E-state index is -3.68. The molecule has 1 amide bonds. The van der Waals surface area contributed by atoms with Gasteiger partial charge in [0.1, 0.15) is 0 Å². The lowest BCUT2D eigenvalue weighted by Gasteiger charge is -2.28. The highest BCUT2D eigenvalue weighted by Crippen LogP contribution is 2.25. The Kier molecular flexibility index (Phi) is 5.08. The number of aromatic nitrogens is 2. The Morgan fingerprint density at radius 1 is 0.969 bits per heavy atom. The third-order valence-electron chi connectivity index (χ3n) is 5.23. The lowest BCUT2D eigenvalue weighted by molar-refractivity contribution is 0.102. The molecule has 0 bridgehead atoms. The van der Waals surface area contributed by atoms with Gasteiger partial charge in [-0.2, -0.15) is 4.31 Å². The Hall–Kier alpha value is -3.76. The fourth-order valence-electron chi connectivity index (χ4n) is 3.55. The molecule has 3 heterocycles. The number of furan rings is 1. The van der Waals surface area contributed by atoms with Crippen molar-refractivity contribution in [3.63, 3.8) is 0 Å². The van der Waals surface area contributed by atoms with Crippen molar-refractivity contribution in [2.75, 3.05) is 11.9 Å². The molecule has 0 radical (unpaired) electrons. The van der Waals surface area contributed by atoms with E-state index < -0.39 is 15.9 Å². The summed E-state index contributed by atoms with van der Waals surface area (Å²) >= 11 is 0. The van der Waals surface area contributed by atoms with Gasteiger partial charge in [-0.05, 0) is 53.9 Å². The second-order valence-electron chi connectivity index (χ2n) is 7.23. The van der Waals surface area contributed by atoms with Crippen LogP contribution in [0.4, 0.5) is 6.01 Å². The second-order valence-corrected chi connectivity index (χ2v) is 9.16. The van der Waals surface area contributed by atoms with Crippen molar-refractivity contribution in [2.45, 2.75) is 17.9 Å². The minimum Gasteiger partial charge on any atom is -0.459 e. The summed E-state index contributed by atoms with van der Waals surface area (Å²) < 4.78 is 38.1. The first-order chi connectivity index (χ1) is 15.5. The maximum absolute atomic E-state index is 13.1. The average Bonchev–Trinajstić information content (AvgIpc) is 3.51. The average molecular weight is 450 g/mol. The molecule has 0 saturated carbocycles. The van der Waals surface area contributed by atoms with Crippen LogP contribution in [-0.2, 0) is 23.0 Å². The number of carbonyl (C=O) groups excluding carboxylic acids is 1. The molecule has 5 rings (SSSR count). The number of hydrogen-bond donors (Lipinski definition) is 1. The van der Waals surface area contributed by atoms with E-state index in [4.69, 9.17) is 8.83 Å². The predicted octanol–water partition coefficient (Wildman–Crippen LogP) is 3.33. The molecule has 10 heteroatoms. The Morgan fingerprint density at radius 2 is 1.75 bits per heavy atom. The van der Waals surface area contributed by atoms with Gasteiger partial charge in [-0.15, -0.1) is 5.10 Å². The van der Waals surface area contributed by atoms with Crippen molar-refractivity contribution in [1.29, 1.82) is 0 Å². The fraction of sp³-hybridized carbons (Fsp3) is 0.136. The van der Waals surface area contributed by atoms with Crippen molar-refractivity contribution in [2.24, 2.45) is 0 Å². The van der Waals surface area contributed by atoms with Gasteiger partial charge in [-0.1, -0.05) is 29.4 Å². The molecular weight excluding hydrogens is 432 g/mol. The van der Waals surface area contributed by atoms with Gasteiger partial charge in [0.05, 0.1) is 11.2 Å². The molecule has 32 heavy (non-hydrogen) atoms. The molecule has 0 aliphatic carbocycles. The van der Waals surface area contributed by atoms with Crippen LogP contribution in [-0.4, -0.2) is 35.4 Å². The van der Waals surface area contributed by atoms with Crippen LogP contribution >= 0.6 is 0 Å². The fourth-order valence-corrected chi connectivity index (χ4v) is 4.96. The van der Waals surface area contributed by atoms with Gasteiger partial charge in [-0.25, -0.2) is 8.42 Å². The summed E-state index contributed by atoms with van der Waals surface area (Å²) in [6.45, 7) is 0.743. The van der Waals surface area contributed by atoms with Crippen molar-refractivity contribution in [3.05, 3.63) is 83.6 Å². The lowest BCUT2D eigenvalue weighted by atomic mass is 10.0. The van der Waals surface area contributed by atoms with Crippen molar-refractivity contribution in [3.8, 4) is 11.7 Å². The van der Waals surface area contributed by atoms with Crippen LogP contribution in [0.25, 0.3) is 11.7 Å².